The zero-order valence-electron chi connectivity index (χ0n) is 8.22. The minimum atomic E-state index is 0.787. The predicted octanol–water partition coefficient (Wildman–Crippen LogP) is 2.15. The monoisotopic (exact) mass is 178 g/mol. The van der Waals surface area contributed by atoms with Gasteiger partial charge in [0.05, 0.1) is 0 Å². The molecule has 2 heteroatoms. The van der Waals surface area contributed by atoms with Crippen molar-refractivity contribution >= 4 is 5.69 Å². The molecule has 0 fully saturated rings. The lowest BCUT2D eigenvalue weighted by Gasteiger charge is -2.05. The Morgan fingerprint density at radius 3 is 2.85 bits per heavy atom. The summed E-state index contributed by atoms with van der Waals surface area (Å²) in [5, 5.41) is 3.36. The number of anilines is 1. The molecule has 0 unspecified atom stereocenters. The van der Waals surface area contributed by atoms with E-state index in [0.29, 0.717) is 0 Å². The van der Waals surface area contributed by atoms with Crippen molar-refractivity contribution in [2.45, 2.75) is 19.8 Å². The predicted molar refractivity (Wildman–Crippen MR) is 58.0 cm³/mol. The van der Waals surface area contributed by atoms with Crippen molar-refractivity contribution in [3.8, 4) is 0 Å². The van der Waals surface area contributed by atoms with Gasteiger partial charge >= 0.3 is 0 Å². The van der Waals surface area contributed by atoms with E-state index in [2.05, 4.69) is 36.5 Å². The fourth-order valence-electron chi connectivity index (χ4n) is 1.26. The molecule has 1 rings (SSSR count). The summed E-state index contributed by atoms with van der Waals surface area (Å²) in [6, 6.07) is 8.42. The summed E-state index contributed by atoms with van der Waals surface area (Å²) >= 11 is 0. The highest BCUT2D eigenvalue weighted by atomic mass is 14.9. The lowest BCUT2D eigenvalue weighted by molar-refractivity contribution is 0.774. The molecule has 13 heavy (non-hydrogen) atoms. The Bertz CT molecular complexity index is 246. The number of nitrogens with two attached hydrogens (primary N) is 1. The normalized spacial score (nSPS) is 10.0. The molecule has 0 saturated heterocycles. The van der Waals surface area contributed by atoms with Crippen molar-refractivity contribution < 1.29 is 0 Å². The molecular formula is C11H18N2. The van der Waals surface area contributed by atoms with Gasteiger partial charge in [-0.1, -0.05) is 12.1 Å². The second-order valence-electron chi connectivity index (χ2n) is 3.29. The van der Waals surface area contributed by atoms with Crippen molar-refractivity contribution in [1.29, 1.82) is 0 Å². The number of hydrogen-bond donors (Lipinski definition) is 2. The molecule has 0 radical (unpaired) electrons. The van der Waals surface area contributed by atoms with Crippen LogP contribution in [-0.2, 0) is 0 Å². The summed E-state index contributed by atoms with van der Waals surface area (Å²) in [6.07, 6.45) is 2.24. The number of aryl methyl sites for hydroxylation is 1. The molecule has 0 aliphatic heterocycles. The minimum Gasteiger partial charge on any atom is -0.385 e. The van der Waals surface area contributed by atoms with E-state index in [4.69, 9.17) is 5.73 Å². The highest BCUT2D eigenvalue weighted by Gasteiger charge is 1.90. The molecule has 0 aromatic heterocycles. The van der Waals surface area contributed by atoms with Crippen molar-refractivity contribution in [2.24, 2.45) is 5.73 Å². The molecule has 2 nitrogen and oxygen atoms in total. The van der Waals surface area contributed by atoms with Crippen molar-refractivity contribution in [2.75, 3.05) is 18.4 Å². The summed E-state index contributed by atoms with van der Waals surface area (Å²) < 4.78 is 0. The third-order valence-corrected chi connectivity index (χ3v) is 1.98. The van der Waals surface area contributed by atoms with Gasteiger partial charge in [0.15, 0.2) is 0 Å². The van der Waals surface area contributed by atoms with Gasteiger partial charge < -0.3 is 11.1 Å². The van der Waals surface area contributed by atoms with Gasteiger partial charge in [0.1, 0.15) is 0 Å². The Hall–Kier alpha value is -1.02. The molecule has 3 N–H and O–H groups in total. The Balaban J connectivity index is 2.28. The van der Waals surface area contributed by atoms with E-state index in [1.807, 2.05) is 0 Å². The van der Waals surface area contributed by atoms with Crippen molar-refractivity contribution in [1.82, 2.24) is 0 Å². The van der Waals surface area contributed by atoms with E-state index in [1.165, 1.54) is 11.3 Å². The number of rotatable bonds is 5. The highest BCUT2D eigenvalue weighted by Crippen LogP contribution is 2.09. The number of unbranched alkanes of at least 4 members (excludes halogenated alkanes) is 1. The Kier molecular flexibility index (Phi) is 4.33. The first-order chi connectivity index (χ1) is 6.33. The maximum atomic E-state index is 5.40. The zero-order valence-corrected chi connectivity index (χ0v) is 8.22. The summed E-state index contributed by atoms with van der Waals surface area (Å²) in [7, 11) is 0. The summed E-state index contributed by atoms with van der Waals surface area (Å²) in [5.41, 5.74) is 7.91. The first-order valence-electron chi connectivity index (χ1n) is 4.83. The maximum Gasteiger partial charge on any atom is 0.0342 e. The van der Waals surface area contributed by atoms with Gasteiger partial charge in [0.25, 0.3) is 0 Å². The molecule has 0 saturated carbocycles. The SMILES string of the molecule is Cc1cccc(NCCCCN)c1. The van der Waals surface area contributed by atoms with Crippen LogP contribution in [0, 0.1) is 6.92 Å². The average Bonchev–Trinajstić information content (AvgIpc) is 2.13. The highest BCUT2D eigenvalue weighted by molar-refractivity contribution is 5.45. The van der Waals surface area contributed by atoms with Crippen LogP contribution in [0.4, 0.5) is 5.69 Å². The minimum absolute atomic E-state index is 0.787. The van der Waals surface area contributed by atoms with Crippen LogP contribution < -0.4 is 11.1 Å². The summed E-state index contributed by atoms with van der Waals surface area (Å²) in [6.45, 7) is 3.90. The molecular weight excluding hydrogens is 160 g/mol. The average molecular weight is 178 g/mol. The third-order valence-electron chi connectivity index (χ3n) is 1.98. The van der Waals surface area contributed by atoms with Crippen LogP contribution in [0.25, 0.3) is 0 Å². The van der Waals surface area contributed by atoms with Crippen LogP contribution in [-0.4, -0.2) is 13.1 Å². The van der Waals surface area contributed by atoms with Gasteiger partial charge in [-0.3, -0.25) is 0 Å². The van der Waals surface area contributed by atoms with E-state index in [1.54, 1.807) is 0 Å². The van der Waals surface area contributed by atoms with E-state index in [9.17, 15) is 0 Å². The molecule has 1 aromatic rings. The standard InChI is InChI=1S/C11H18N2/c1-10-5-4-6-11(9-10)13-8-3-2-7-12/h4-6,9,13H,2-3,7-8,12H2,1H3. The summed E-state index contributed by atoms with van der Waals surface area (Å²) in [5.74, 6) is 0. The van der Waals surface area contributed by atoms with Crippen LogP contribution in [0.1, 0.15) is 18.4 Å². The molecule has 0 amide bonds. The van der Waals surface area contributed by atoms with E-state index >= 15 is 0 Å². The molecule has 0 aliphatic rings. The molecule has 0 aliphatic carbocycles. The Morgan fingerprint density at radius 1 is 1.31 bits per heavy atom. The summed E-state index contributed by atoms with van der Waals surface area (Å²) in [4.78, 5) is 0. The fraction of sp³-hybridized carbons (Fsp3) is 0.455. The lowest BCUT2D eigenvalue weighted by atomic mass is 10.2. The number of hydrogen-bond acceptors (Lipinski definition) is 2. The van der Waals surface area contributed by atoms with Crippen LogP contribution in [0.5, 0.6) is 0 Å². The van der Waals surface area contributed by atoms with Gasteiger partial charge in [-0.05, 0) is 44.0 Å². The van der Waals surface area contributed by atoms with E-state index in [0.717, 1.165) is 25.9 Å². The maximum absolute atomic E-state index is 5.40. The molecule has 1 aromatic carbocycles. The molecule has 0 spiro atoms. The van der Waals surface area contributed by atoms with Crippen LogP contribution in [0.2, 0.25) is 0 Å². The smallest absolute Gasteiger partial charge is 0.0342 e. The molecule has 0 heterocycles. The van der Waals surface area contributed by atoms with E-state index < -0.39 is 0 Å². The number of benzene rings is 1. The second kappa shape index (κ2) is 5.60. The van der Waals surface area contributed by atoms with Gasteiger partial charge in [-0.15, -0.1) is 0 Å². The second-order valence-corrected chi connectivity index (χ2v) is 3.29. The van der Waals surface area contributed by atoms with Gasteiger partial charge in [0.2, 0.25) is 0 Å². The van der Waals surface area contributed by atoms with Crippen molar-refractivity contribution in [3.63, 3.8) is 0 Å². The largest absolute Gasteiger partial charge is 0.385 e. The van der Waals surface area contributed by atoms with E-state index in [-0.39, 0.29) is 0 Å². The first kappa shape index (κ1) is 10.1. The molecule has 72 valence electrons. The van der Waals surface area contributed by atoms with Gasteiger partial charge in [-0.2, -0.15) is 0 Å². The topological polar surface area (TPSA) is 38.0 Å². The Morgan fingerprint density at radius 2 is 2.15 bits per heavy atom. The molecule has 0 atom stereocenters. The zero-order chi connectivity index (χ0) is 9.52. The van der Waals surface area contributed by atoms with Gasteiger partial charge in [0, 0.05) is 12.2 Å². The van der Waals surface area contributed by atoms with Crippen LogP contribution in [0.15, 0.2) is 24.3 Å². The Labute approximate surface area is 80.1 Å². The third kappa shape index (κ3) is 3.95. The number of nitrogens with one attached hydrogen (secondary N) is 1. The van der Waals surface area contributed by atoms with Gasteiger partial charge in [-0.25, -0.2) is 0 Å². The van der Waals surface area contributed by atoms with Crippen molar-refractivity contribution in [3.05, 3.63) is 29.8 Å². The lowest BCUT2D eigenvalue weighted by Crippen LogP contribution is -2.05. The fourth-order valence-corrected chi connectivity index (χ4v) is 1.26. The quantitative estimate of drug-likeness (QED) is 0.678. The molecule has 0 bridgehead atoms. The van der Waals surface area contributed by atoms with Crippen LogP contribution in [0.3, 0.4) is 0 Å². The first-order valence-corrected chi connectivity index (χ1v) is 4.83. The van der Waals surface area contributed by atoms with Crippen LogP contribution >= 0.6 is 0 Å².